The molecule has 0 aliphatic heterocycles. The summed E-state index contributed by atoms with van der Waals surface area (Å²) < 4.78 is 0. The van der Waals surface area contributed by atoms with Crippen LogP contribution in [0.5, 0.6) is 0 Å². The smallest absolute Gasteiger partial charge is 0.101 e. The van der Waals surface area contributed by atoms with Gasteiger partial charge in [0.2, 0.25) is 0 Å². The van der Waals surface area contributed by atoms with Gasteiger partial charge >= 0.3 is 0 Å². The molecule has 0 radical (unpaired) electrons. The predicted molar refractivity (Wildman–Crippen MR) is 73.0 cm³/mol. The van der Waals surface area contributed by atoms with Crippen molar-refractivity contribution in [3.63, 3.8) is 0 Å². The molecule has 0 aliphatic rings. The van der Waals surface area contributed by atoms with Crippen molar-refractivity contribution >= 4 is 17.1 Å². The second kappa shape index (κ2) is 5.19. The fraction of sp³-hybridized carbons (Fsp3) is 0.143. The lowest BCUT2D eigenvalue weighted by atomic mass is 10.2. The van der Waals surface area contributed by atoms with Gasteiger partial charge in [0.25, 0.3) is 0 Å². The van der Waals surface area contributed by atoms with E-state index in [1.54, 1.807) is 18.5 Å². The molecule has 4 nitrogen and oxygen atoms in total. The Bertz CT molecular complexity index is 584. The summed E-state index contributed by atoms with van der Waals surface area (Å²) in [6.45, 7) is 0. The van der Waals surface area contributed by atoms with Gasteiger partial charge < -0.3 is 10.2 Å². The third kappa shape index (κ3) is 2.58. The van der Waals surface area contributed by atoms with Crippen LogP contribution in [0.1, 0.15) is 5.56 Å². The second-order valence-electron chi connectivity index (χ2n) is 4.10. The number of nitriles is 1. The first-order valence-electron chi connectivity index (χ1n) is 5.59. The summed E-state index contributed by atoms with van der Waals surface area (Å²) in [5, 5.41) is 12.2. The minimum Gasteiger partial charge on any atom is -0.378 e. The maximum absolute atomic E-state index is 9.01. The highest BCUT2D eigenvalue weighted by atomic mass is 15.1. The largest absolute Gasteiger partial charge is 0.378 e. The van der Waals surface area contributed by atoms with E-state index in [0.717, 1.165) is 17.1 Å². The molecule has 4 heteroatoms. The molecule has 90 valence electrons. The molecule has 2 rings (SSSR count). The fourth-order valence-corrected chi connectivity index (χ4v) is 1.61. The Morgan fingerprint density at radius 3 is 2.83 bits per heavy atom. The van der Waals surface area contributed by atoms with E-state index in [-0.39, 0.29) is 0 Å². The number of aromatic nitrogens is 1. The number of pyridine rings is 1. The van der Waals surface area contributed by atoms with Crippen molar-refractivity contribution in [2.45, 2.75) is 0 Å². The average molecular weight is 238 g/mol. The van der Waals surface area contributed by atoms with E-state index in [1.165, 1.54) is 0 Å². The van der Waals surface area contributed by atoms with Gasteiger partial charge in [0, 0.05) is 31.7 Å². The monoisotopic (exact) mass is 238 g/mol. The van der Waals surface area contributed by atoms with Gasteiger partial charge in [-0.05, 0) is 24.3 Å². The van der Waals surface area contributed by atoms with Gasteiger partial charge in [-0.25, -0.2) is 0 Å². The zero-order valence-electron chi connectivity index (χ0n) is 10.4. The number of anilines is 3. The molecule has 1 heterocycles. The highest BCUT2D eigenvalue weighted by molar-refractivity contribution is 5.68. The van der Waals surface area contributed by atoms with Crippen molar-refractivity contribution in [1.82, 2.24) is 4.98 Å². The van der Waals surface area contributed by atoms with Crippen molar-refractivity contribution in [3.05, 3.63) is 48.3 Å². The van der Waals surface area contributed by atoms with Crippen LogP contribution in [0.2, 0.25) is 0 Å². The molecule has 18 heavy (non-hydrogen) atoms. The van der Waals surface area contributed by atoms with Gasteiger partial charge in [0.1, 0.15) is 6.07 Å². The molecule has 0 atom stereocenters. The van der Waals surface area contributed by atoms with Crippen molar-refractivity contribution in [1.29, 1.82) is 5.26 Å². The number of hydrogen-bond acceptors (Lipinski definition) is 4. The Kier molecular flexibility index (Phi) is 3.44. The van der Waals surface area contributed by atoms with Crippen LogP contribution in [-0.2, 0) is 0 Å². The average Bonchev–Trinajstić information content (AvgIpc) is 2.39. The lowest BCUT2D eigenvalue weighted by molar-refractivity contribution is 1.13. The van der Waals surface area contributed by atoms with E-state index in [1.807, 2.05) is 43.3 Å². The van der Waals surface area contributed by atoms with Crippen LogP contribution < -0.4 is 10.2 Å². The SMILES string of the molecule is CN(C)c1cccc(Nc2cnccc2C#N)c1. The first-order chi connectivity index (χ1) is 8.70. The Balaban J connectivity index is 2.29. The molecule has 0 aliphatic carbocycles. The van der Waals surface area contributed by atoms with E-state index < -0.39 is 0 Å². The van der Waals surface area contributed by atoms with E-state index >= 15 is 0 Å². The predicted octanol–water partition coefficient (Wildman–Crippen LogP) is 2.76. The molecule has 0 saturated carbocycles. The van der Waals surface area contributed by atoms with Crippen LogP contribution in [0.15, 0.2) is 42.7 Å². The van der Waals surface area contributed by atoms with Gasteiger partial charge in [-0.2, -0.15) is 5.26 Å². The minimum atomic E-state index is 0.584. The summed E-state index contributed by atoms with van der Waals surface area (Å²) in [5.74, 6) is 0. The summed E-state index contributed by atoms with van der Waals surface area (Å²) in [4.78, 5) is 6.05. The number of hydrogen-bond donors (Lipinski definition) is 1. The van der Waals surface area contributed by atoms with E-state index in [9.17, 15) is 0 Å². The second-order valence-corrected chi connectivity index (χ2v) is 4.10. The highest BCUT2D eigenvalue weighted by Crippen LogP contribution is 2.22. The van der Waals surface area contributed by atoms with Crippen LogP contribution in [0.25, 0.3) is 0 Å². The minimum absolute atomic E-state index is 0.584. The maximum Gasteiger partial charge on any atom is 0.101 e. The molecule has 0 bridgehead atoms. The summed E-state index contributed by atoms with van der Waals surface area (Å²) in [5.41, 5.74) is 3.34. The molecular formula is C14H14N4. The number of nitrogens with zero attached hydrogens (tertiary/aromatic N) is 3. The van der Waals surface area contributed by atoms with Crippen LogP contribution in [-0.4, -0.2) is 19.1 Å². The van der Waals surface area contributed by atoms with Gasteiger partial charge in [0.15, 0.2) is 0 Å². The Hall–Kier alpha value is -2.54. The molecule has 1 N–H and O–H groups in total. The lowest BCUT2D eigenvalue weighted by Crippen LogP contribution is -2.08. The number of nitrogens with one attached hydrogen (secondary N) is 1. The maximum atomic E-state index is 9.01. The third-order valence-corrected chi connectivity index (χ3v) is 2.58. The molecule has 1 aromatic heterocycles. The Morgan fingerprint density at radius 1 is 1.28 bits per heavy atom. The van der Waals surface area contributed by atoms with Crippen LogP contribution in [0.4, 0.5) is 17.1 Å². The molecule has 0 amide bonds. The highest BCUT2D eigenvalue weighted by Gasteiger charge is 2.03. The van der Waals surface area contributed by atoms with Crippen molar-refractivity contribution in [3.8, 4) is 6.07 Å². The van der Waals surface area contributed by atoms with E-state index in [4.69, 9.17) is 5.26 Å². The van der Waals surface area contributed by atoms with Gasteiger partial charge in [0.05, 0.1) is 17.4 Å². The lowest BCUT2D eigenvalue weighted by Gasteiger charge is -2.14. The molecular weight excluding hydrogens is 224 g/mol. The van der Waals surface area contributed by atoms with Crippen molar-refractivity contribution in [2.24, 2.45) is 0 Å². The van der Waals surface area contributed by atoms with Crippen LogP contribution >= 0.6 is 0 Å². The molecule has 2 aromatic rings. The summed E-state index contributed by atoms with van der Waals surface area (Å²) in [6, 6.07) is 11.8. The van der Waals surface area contributed by atoms with E-state index in [2.05, 4.69) is 16.4 Å². The summed E-state index contributed by atoms with van der Waals surface area (Å²) in [7, 11) is 3.98. The van der Waals surface area contributed by atoms with E-state index in [0.29, 0.717) is 5.56 Å². The van der Waals surface area contributed by atoms with Crippen molar-refractivity contribution in [2.75, 3.05) is 24.3 Å². The quantitative estimate of drug-likeness (QED) is 0.893. The normalized spacial score (nSPS) is 9.61. The Morgan fingerprint density at radius 2 is 2.11 bits per heavy atom. The van der Waals surface area contributed by atoms with Crippen LogP contribution in [0.3, 0.4) is 0 Å². The summed E-state index contributed by atoms with van der Waals surface area (Å²) >= 11 is 0. The zero-order chi connectivity index (χ0) is 13.0. The standard InChI is InChI=1S/C14H14N4/c1-18(2)13-5-3-4-12(8-13)17-14-10-16-7-6-11(14)9-15/h3-8,10,17H,1-2H3. The van der Waals surface area contributed by atoms with Crippen LogP contribution in [0, 0.1) is 11.3 Å². The molecule has 0 spiro atoms. The number of rotatable bonds is 3. The zero-order valence-corrected chi connectivity index (χ0v) is 10.4. The van der Waals surface area contributed by atoms with Gasteiger partial charge in [-0.1, -0.05) is 6.07 Å². The van der Waals surface area contributed by atoms with Crippen molar-refractivity contribution < 1.29 is 0 Å². The first-order valence-corrected chi connectivity index (χ1v) is 5.59. The first kappa shape index (κ1) is 11.9. The summed E-state index contributed by atoms with van der Waals surface area (Å²) in [6.07, 6.45) is 3.26. The molecule has 0 fully saturated rings. The fourth-order valence-electron chi connectivity index (χ4n) is 1.61. The van der Waals surface area contributed by atoms with Gasteiger partial charge in [-0.15, -0.1) is 0 Å². The molecule has 1 aromatic carbocycles. The topological polar surface area (TPSA) is 52.0 Å². The van der Waals surface area contributed by atoms with Gasteiger partial charge in [-0.3, -0.25) is 4.98 Å². The third-order valence-electron chi connectivity index (χ3n) is 2.58. The molecule has 0 saturated heterocycles. The Labute approximate surface area is 107 Å². The molecule has 0 unspecified atom stereocenters. The number of benzene rings is 1.